The number of anilines is 1. The fourth-order valence-electron chi connectivity index (χ4n) is 4.10. The number of benzene rings is 1. The molecule has 0 spiro atoms. The molecule has 1 N–H and O–H groups in total. The number of rotatable bonds is 2. The SMILES string of the molecule is Cc1ccc(NC(=O)N2CCc3c(c(C(=O)N4CCCCC4)nn3C)C2)c(Cl)c1. The predicted octanol–water partition coefficient (Wildman–Crippen LogP) is 3.60. The number of halogens is 1. The van der Waals surface area contributed by atoms with Crippen LogP contribution in [0.2, 0.25) is 5.02 Å². The van der Waals surface area contributed by atoms with Crippen LogP contribution in [-0.4, -0.2) is 51.2 Å². The molecule has 0 unspecified atom stereocenters. The van der Waals surface area contributed by atoms with Crippen LogP contribution >= 0.6 is 11.6 Å². The van der Waals surface area contributed by atoms with E-state index in [0.29, 0.717) is 35.9 Å². The maximum absolute atomic E-state index is 13.0. The van der Waals surface area contributed by atoms with Crippen molar-refractivity contribution < 1.29 is 9.59 Å². The maximum Gasteiger partial charge on any atom is 0.322 e. The molecule has 29 heavy (non-hydrogen) atoms. The molecule has 2 aliphatic heterocycles. The molecule has 0 radical (unpaired) electrons. The quantitative estimate of drug-likeness (QED) is 0.814. The lowest BCUT2D eigenvalue weighted by Gasteiger charge is -2.29. The normalized spacial score (nSPS) is 16.5. The number of amides is 3. The molecule has 0 atom stereocenters. The zero-order chi connectivity index (χ0) is 20.5. The van der Waals surface area contributed by atoms with E-state index in [-0.39, 0.29) is 11.9 Å². The highest BCUT2D eigenvalue weighted by atomic mass is 35.5. The molecule has 0 saturated carbocycles. The minimum absolute atomic E-state index is 0.0228. The van der Waals surface area contributed by atoms with Crippen molar-refractivity contribution >= 4 is 29.2 Å². The first kappa shape index (κ1) is 19.8. The van der Waals surface area contributed by atoms with Gasteiger partial charge in [-0.05, 0) is 43.9 Å². The van der Waals surface area contributed by atoms with E-state index in [2.05, 4.69) is 10.4 Å². The molecular formula is C21H26ClN5O2. The van der Waals surface area contributed by atoms with E-state index in [9.17, 15) is 9.59 Å². The number of hydrogen-bond donors (Lipinski definition) is 1. The van der Waals surface area contributed by atoms with Crippen LogP contribution in [0.1, 0.15) is 46.6 Å². The van der Waals surface area contributed by atoms with Gasteiger partial charge in [0.05, 0.1) is 17.3 Å². The number of carbonyl (C=O) groups is 2. The van der Waals surface area contributed by atoms with Crippen molar-refractivity contribution in [1.82, 2.24) is 19.6 Å². The summed E-state index contributed by atoms with van der Waals surface area (Å²) in [6, 6.07) is 5.32. The highest BCUT2D eigenvalue weighted by Gasteiger charge is 2.31. The van der Waals surface area contributed by atoms with Crippen LogP contribution in [-0.2, 0) is 20.0 Å². The lowest BCUT2D eigenvalue weighted by atomic mass is 10.0. The lowest BCUT2D eigenvalue weighted by molar-refractivity contribution is 0.0715. The Bertz CT molecular complexity index is 949. The third-order valence-corrected chi connectivity index (χ3v) is 6.05. The summed E-state index contributed by atoms with van der Waals surface area (Å²) in [4.78, 5) is 29.5. The van der Waals surface area contributed by atoms with Crippen molar-refractivity contribution in [3.05, 3.63) is 45.7 Å². The average molecular weight is 416 g/mol. The van der Waals surface area contributed by atoms with Gasteiger partial charge in [-0.15, -0.1) is 0 Å². The van der Waals surface area contributed by atoms with Gasteiger partial charge in [0.15, 0.2) is 5.69 Å². The second-order valence-electron chi connectivity index (χ2n) is 7.84. The van der Waals surface area contributed by atoms with Crippen LogP contribution in [0.25, 0.3) is 0 Å². The zero-order valence-corrected chi connectivity index (χ0v) is 17.6. The molecule has 4 rings (SSSR count). The van der Waals surface area contributed by atoms with Crippen molar-refractivity contribution in [2.24, 2.45) is 7.05 Å². The van der Waals surface area contributed by atoms with Crippen LogP contribution in [0.3, 0.4) is 0 Å². The molecule has 1 aromatic heterocycles. The Morgan fingerprint density at radius 1 is 1.10 bits per heavy atom. The molecule has 3 heterocycles. The van der Waals surface area contributed by atoms with Crippen molar-refractivity contribution in [3.8, 4) is 0 Å². The van der Waals surface area contributed by atoms with Gasteiger partial charge in [0, 0.05) is 44.4 Å². The number of nitrogens with zero attached hydrogens (tertiary/aromatic N) is 4. The fraction of sp³-hybridized carbons (Fsp3) is 0.476. The third-order valence-electron chi connectivity index (χ3n) is 5.74. The van der Waals surface area contributed by atoms with Gasteiger partial charge in [0.1, 0.15) is 0 Å². The van der Waals surface area contributed by atoms with Crippen molar-refractivity contribution in [2.45, 2.75) is 39.2 Å². The Kier molecular flexibility index (Phi) is 5.50. The molecular weight excluding hydrogens is 390 g/mol. The van der Waals surface area contributed by atoms with Crippen LogP contribution in [0.15, 0.2) is 18.2 Å². The molecule has 154 valence electrons. The van der Waals surface area contributed by atoms with Crippen LogP contribution in [0.4, 0.5) is 10.5 Å². The second-order valence-corrected chi connectivity index (χ2v) is 8.24. The summed E-state index contributed by atoms with van der Waals surface area (Å²) in [6.45, 7) is 4.44. The Balaban J connectivity index is 1.52. The Morgan fingerprint density at radius 2 is 1.86 bits per heavy atom. The van der Waals surface area contributed by atoms with Crippen LogP contribution < -0.4 is 5.32 Å². The van der Waals surface area contributed by atoms with Crippen LogP contribution in [0, 0.1) is 6.92 Å². The van der Waals surface area contributed by atoms with Crippen LogP contribution in [0.5, 0.6) is 0 Å². The van der Waals surface area contributed by atoms with E-state index >= 15 is 0 Å². The molecule has 7 nitrogen and oxygen atoms in total. The van der Waals surface area contributed by atoms with Gasteiger partial charge in [-0.25, -0.2) is 4.79 Å². The van der Waals surface area contributed by atoms with Gasteiger partial charge < -0.3 is 15.1 Å². The molecule has 0 aliphatic carbocycles. The Labute approximate surface area is 175 Å². The number of hydrogen-bond acceptors (Lipinski definition) is 3. The van der Waals surface area contributed by atoms with E-state index in [4.69, 9.17) is 11.6 Å². The number of carbonyl (C=O) groups excluding carboxylic acids is 2. The first-order chi connectivity index (χ1) is 13.9. The zero-order valence-electron chi connectivity index (χ0n) is 16.9. The van der Waals surface area contributed by atoms with E-state index in [1.807, 2.05) is 31.0 Å². The Morgan fingerprint density at radius 3 is 2.59 bits per heavy atom. The molecule has 0 bridgehead atoms. The van der Waals surface area contributed by atoms with Gasteiger partial charge in [-0.3, -0.25) is 9.48 Å². The highest BCUT2D eigenvalue weighted by molar-refractivity contribution is 6.33. The van der Waals surface area contributed by atoms with Crippen molar-refractivity contribution in [2.75, 3.05) is 25.0 Å². The number of urea groups is 1. The molecule has 2 aromatic rings. The van der Waals surface area contributed by atoms with Crippen molar-refractivity contribution in [1.29, 1.82) is 0 Å². The lowest BCUT2D eigenvalue weighted by Crippen LogP contribution is -2.40. The minimum Gasteiger partial charge on any atom is -0.337 e. The first-order valence-electron chi connectivity index (χ1n) is 10.1. The van der Waals surface area contributed by atoms with E-state index in [1.165, 1.54) is 6.42 Å². The van der Waals surface area contributed by atoms with Gasteiger partial charge in [-0.1, -0.05) is 17.7 Å². The van der Waals surface area contributed by atoms with E-state index in [0.717, 1.165) is 42.8 Å². The number of likely N-dealkylation sites (tertiary alicyclic amines) is 1. The monoisotopic (exact) mass is 415 g/mol. The van der Waals surface area contributed by atoms with Gasteiger partial charge in [0.25, 0.3) is 5.91 Å². The first-order valence-corrected chi connectivity index (χ1v) is 10.5. The maximum atomic E-state index is 13.0. The molecule has 8 heteroatoms. The number of fused-ring (bicyclic) bond motifs is 1. The minimum atomic E-state index is -0.221. The third kappa shape index (κ3) is 3.96. The fourth-order valence-corrected chi connectivity index (χ4v) is 4.38. The van der Waals surface area contributed by atoms with Gasteiger partial charge in [-0.2, -0.15) is 5.10 Å². The van der Waals surface area contributed by atoms with Gasteiger partial charge in [0.2, 0.25) is 0 Å². The van der Waals surface area contributed by atoms with Crippen molar-refractivity contribution in [3.63, 3.8) is 0 Å². The average Bonchev–Trinajstić information content (AvgIpc) is 3.06. The summed E-state index contributed by atoms with van der Waals surface area (Å²) in [5.74, 6) is -0.0228. The topological polar surface area (TPSA) is 70.5 Å². The summed E-state index contributed by atoms with van der Waals surface area (Å²) in [5, 5.41) is 7.92. The van der Waals surface area contributed by atoms with Gasteiger partial charge >= 0.3 is 6.03 Å². The largest absolute Gasteiger partial charge is 0.337 e. The Hall–Kier alpha value is -2.54. The summed E-state index contributed by atoms with van der Waals surface area (Å²) in [6.07, 6.45) is 3.90. The number of piperidine rings is 1. The summed E-state index contributed by atoms with van der Waals surface area (Å²) in [7, 11) is 1.87. The smallest absolute Gasteiger partial charge is 0.322 e. The second kappa shape index (κ2) is 8.06. The standard InChI is InChI=1S/C21H26ClN5O2/c1-14-6-7-17(16(22)12-14)23-21(29)27-11-8-18-15(13-27)19(24-25(18)2)20(28)26-9-4-3-5-10-26/h6-7,12H,3-5,8-11,13H2,1-2H3,(H,23,29). The van der Waals surface area contributed by atoms with E-state index < -0.39 is 0 Å². The molecule has 1 saturated heterocycles. The molecule has 1 fully saturated rings. The van der Waals surface area contributed by atoms with E-state index in [1.54, 1.807) is 15.6 Å². The number of nitrogens with one attached hydrogen (secondary N) is 1. The molecule has 3 amide bonds. The number of aryl methyl sites for hydroxylation is 2. The summed E-state index contributed by atoms with van der Waals surface area (Å²) in [5.41, 5.74) is 3.99. The highest BCUT2D eigenvalue weighted by Crippen LogP contribution is 2.27. The molecule has 2 aliphatic rings. The predicted molar refractivity (Wildman–Crippen MR) is 112 cm³/mol. The molecule has 1 aromatic carbocycles. The number of aromatic nitrogens is 2. The summed E-state index contributed by atoms with van der Waals surface area (Å²) < 4.78 is 1.79. The summed E-state index contributed by atoms with van der Waals surface area (Å²) >= 11 is 6.25.